The lowest BCUT2D eigenvalue weighted by atomic mass is 10.1. The lowest BCUT2D eigenvalue weighted by Gasteiger charge is -2.14. The van der Waals surface area contributed by atoms with Gasteiger partial charge in [0.1, 0.15) is 11.6 Å². The number of carboxylic acid groups (broad SMARTS) is 1. The largest absolute Gasteiger partial charge is 0.481 e. The van der Waals surface area contributed by atoms with Gasteiger partial charge in [-0.1, -0.05) is 37.7 Å². The Bertz CT molecular complexity index is 650. The molecule has 1 aromatic heterocycles. The molecule has 0 aliphatic carbocycles. The number of hydrogen-bond donors (Lipinski definition) is 1. The van der Waals surface area contributed by atoms with Crippen LogP contribution >= 0.6 is 11.8 Å². The highest BCUT2D eigenvalue weighted by molar-refractivity contribution is 7.99. The van der Waals surface area contributed by atoms with Crippen LogP contribution in [-0.2, 0) is 4.79 Å². The van der Waals surface area contributed by atoms with E-state index in [-0.39, 0.29) is 17.5 Å². The predicted octanol–water partition coefficient (Wildman–Crippen LogP) is 3.01. The van der Waals surface area contributed by atoms with E-state index < -0.39 is 5.97 Å². The van der Waals surface area contributed by atoms with Crippen molar-refractivity contribution in [3.8, 4) is 5.69 Å². The molecule has 0 aliphatic heterocycles. The Morgan fingerprint density at radius 3 is 2.71 bits per heavy atom. The Hall–Kier alpha value is -1.89. The lowest BCUT2D eigenvalue weighted by Crippen LogP contribution is -2.09. The van der Waals surface area contributed by atoms with Gasteiger partial charge >= 0.3 is 5.97 Å². The maximum atomic E-state index is 14.2. The molecule has 0 unspecified atom stereocenters. The number of thioether (sulfide) groups is 1. The van der Waals surface area contributed by atoms with Crippen molar-refractivity contribution in [3.05, 3.63) is 35.4 Å². The van der Waals surface area contributed by atoms with Crippen molar-refractivity contribution in [2.45, 2.75) is 31.8 Å². The fourth-order valence-electron chi connectivity index (χ4n) is 1.99. The highest BCUT2D eigenvalue weighted by Crippen LogP contribution is 2.28. The van der Waals surface area contributed by atoms with Crippen LogP contribution in [0.2, 0.25) is 0 Å². The van der Waals surface area contributed by atoms with Crippen LogP contribution in [0, 0.1) is 12.7 Å². The molecule has 1 N–H and O–H groups in total. The highest BCUT2D eigenvalue weighted by Gasteiger charge is 2.21. The van der Waals surface area contributed by atoms with Gasteiger partial charge in [-0.25, -0.2) is 4.39 Å². The fraction of sp³-hybridized carbons (Fsp3) is 0.357. The molecule has 0 spiro atoms. The third-order valence-electron chi connectivity index (χ3n) is 2.91. The molecule has 112 valence electrons. The summed E-state index contributed by atoms with van der Waals surface area (Å²) in [6, 6.07) is 4.81. The van der Waals surface area contributed by atoms with Crippen LogP contribution < -0.4 is 0 Å². The summed E-state index contributed by atoms with van der Waals surface area (Å²) in [5, 5.41) is 17.3. The summed E-state index contributed by atoms with van der Waals surface area (Å²) in [6.45, 7) is 5.67. The van der Waals surface area contributed by atoms with Crippen LogP contribution in [0.15, 0.2) is 23.4 Å². The third kappa shape index (κ3) is 3.24. The van der Waals surface area contributed by atoms with Crippen LogP contribution in [0.1, 0.15) is 31.2 Å². The van der Waals surface area contributed by atoms with Gasteiger partial charge in [0.15, 0.2) is 5.16 Å². The van der Waals surface area contributed by atoms with Crippen molar-refractivity contribution in [2.75, 3.05) is 5.75 Å². The molecule has 0 amide bonds. The zero-order chi connectivity index (χ0) is 15.6. The maximum absolute atomic E-state index is 14.2. The molecular formula is C14H16FN3O2S. The lowest BCUT2D eigenvalue weighted by molar-refractivity contribution is -0.133. The SMILES string of the molecule is Cc1cccc(F)c1-n1c(SCC(=O)O)nnc1C(C)C. The highest BCUT2D eigenvalue weighted by atomic mass is 32.2. The van der Waals surface area contributed by atoms with Crippen molar-refractivity contribution >= 4 is 17.7 Å². The second-order valence-corrected chi connectivity index (χ2v) is 5.86. The Balaban J connectivity index is 2.58. The first-order valence-corrected chi connectivity index (χ1v) is 7.45. The van der Waals surface area contributed by atoms with E-state index in [0.717, 1.165) is 17.3 Å². The van der Waals surface area contributed by atoms with Gasteiger partial charge in [-0.05, 0) is 18.6 Å². The predicted molar refractivity (Wildman–Crippen MR) is 78.5 cm³/mol. The number of para-hydroxylation sites is 1. The average Bonchev–Trinajstić information content (AvgIpc) is 2.80. The fourth-order valence-corrected chi connectivity index (χ4v) is 2.66. The van der Waals surface area contributed by atoms with E-state index in [4.69, 9.17) is 5.11 Å². The van der Waals surface area contributed by atoms with Crippen molar-refractivity contribution in [1.29, 1.82) is 0 Å². The molecule has 1 heterocycles. The summed E-state index contributed by atoms with van der Waals surface area (Å²) >= 11 is 1.03. The monoisotopic (exact) mass is 309 g/mol. The van der Waals surface area contributed by atoms with Gasteiger partial charge in [-0.2, -0.15) is 0 Å². The molecule has 21 heavy (non-hydrogen) atoms. The van der Waals surface area contributed by atoms with E-state index in [0.29, 0.717) is 16.7 Å². The molecule has 0 atom stereocenters. The van der Waals surface area contributed by atoms with Gasteiger partial charge in [-0.3, -0.25) is 9.36 Å². The summed E-state index contributed by atoms with van der Waals surface area (Å²) in [5.74, 6) is -0.837. The van der Waals surface area contributed by atoms with E-state index in [1.807, 2.05) is 13.8 Å². The van der Waals surface area contributed by atoms with E-state index in [9.17, 15) is 9.18 Å². The van der Waals surface area contributed by atoms with Gasteiger partial charge < -0.3 is 5.11 Å². The number of halogens is 1. The molecule has 5 nitrogen and oxygen atoms in total. The zero-order valence-corrected chi connectivity index (χ0v) is 12.8. The molecule has 2 rings (SSSR count). The number of nitrogens with zero attached hydrogens (tertiary/aromatic N) is 3. The van der Waals surface area contributed by atoms with E-state index >= 15 is 0 Å². The summed E-state index contributed by atoms with van der Waals surface area (Å²) < 4.78 is 15.8. The van der Waals surface area contributed by atoms with Crippen LogP contribution in [0.25, 0.3) is 5.69 Å². The Morgan fingerprint density at radius 1 is 1.43 bits per heavy atom. The number of carbonyl (C=O) groups is 1. The van der Waals surface area contributed by atoms with E-state index in [2.05, 4.69) is 10.2 Å². The number of hydrogen-bond acceptors (Lipinski definition) is 4. The maximum Gasteiger partial charge on any atom is 0.313 e. The minimum absolute atomic E-state index is 0.0377. The summed E-state index contributed by atoms with van der Waals surface area (Å²) in [5.41, 5.74) is 1.12. The van der Waals surface area contributed by atoms with Crippen LogP contribution in [-0.4, -0.2) is 31.6 Å². The average molecular weight is 309 g/mol. The topological polar surface area (TPSA) is 68.0 Å². The van der Waals surface area contributed by atoms with Crippen molar-refractivity contribution < 1.29 is 14.3 Å². The molecule has 0 radical (unpaired) electrons. The number of carboxylic acids is 1. The molecule has 0 saturated heterocycles. The number of benzene rings is 1. The van der Waals surface area contributed by atoms with E-state index in [1.165, 1.54) is 6.07 Å². The third-order valence-corrected chi connectivity index (χ3v) is 3.83. The Kier molecular flexibility index (Phi) is 4.62. The summed E-state index contributed by atoms with van der Waals surface area (Å²) in [7, 11) is 0. The van der Waals surface area contributed by atoms with Crippen molar-refractivity contribution in [3.63, 3.8) is 0 Å². The first kappa shape index (κ1) is 15.5. The van der Waals surface area contributed by atoms with Crippen molar-refractivity contribution in [2.24, 2.45) is 0 Å². The van der Waals surface area contributed by atoms with E-state index in [1.54, 1.807) is 23.6 Å². The van der Waals surface area contributed by atoms with Crippen LogP contribution in [0.4, 0.5) is 4.39 Å². The molecule has 0 saturated carbocycles. The molecule has 0 fully saturated rings. The van der Waals surface area contributed by atoms with Gasteiger partial charge in [0.05, 0.1) is 11.4 Å². The second kappa shape index (κ2) is 6.26. The normalized spacial score (nSPS) is 11.1. The first-order valence-electron chi connectivity index (χ1n) is 6.47. The Morgan fingerprint density at radius 2 is 2.14 bits per heavy atom. The van der Waals surface area contributed by atoms with Gasteiger partial charge in [0, 0.05) is 5.92 Å². The summed E-state index contributed by atoms with van der Waals surface area (Å²) in [4.78, 5) is 10.7. The number of aryl methyl sites for hydroxylation is 1. The minimum atomic E-state index is -0.953. The molecular weight excluding hydrogens is 293 g/mol. The van der Waals surface area contributed by atoms with Gasteiger partial charge in [0.2, 0.25) is 0 Å². The molecule has 1 aromatic carbocycles. The zero-order valence-electron chi connectivity index (χ0n) is 12.0. The van der Waals surface area contributed by atoms with Crippen LogP contribution in [0.3, 0.4) is 0 Å². The summed E-state index contributed by atoms with van der Waals surface area (Å²) in [6.07, 6.45) is 0. The number of aliphatic carboxylic acids is 1. The first-order chi connectivity index (χ1) is 9.91. The second-order valence-electron chi connectivity index (χ2n) is 4.92. The number of rotatable bonds is 5. The minimum Gasteiger partial charge on any atom is -0.481 e. The molecule has 0 bridgehead atoms. The smallest absolute Gasteiger partial charge is 0.313 e. The quantitative estimate of drug-likeness (QED) is 0.860. The molecule has 7 heteroatoms. The Labute approximate surface area is 126 Å². The molecule has 2 aromatic rings. The van der Waals surface area contributed by atoms with Crippen molar-refractivity contribution in [1.82, 2.24) is 14.8 Å². The van der Waals surface area contributed by atoms with Gasteiger partial charge in [0.25, 0.3) is 0 Å². The molecule has 0 aliphatic rings. The van der Waals surface area contributed by atoms with Gasteiger partial charge in [-0.15, -0.1) is 10.2 Å². The number of aromatic nitrogens is 3. The van der Waals surface area contributed by atoms with Crippen LogP contribution in [0.5, 0.6) is 0 Å². The standard InChI is InChI=1S/C14H16FN3O2S/c1-8(2)13-16-17-14(21-7-11(19)20)18(13)12-9(3)5-4-6-10(12)15/h4-6,8H,7H2,1-3H3,(H,19,20).